The van der Waals surface area contributed by atoms with Gasteiger partial charge in [0.1, 0.15) is 12.6 Å². The van der Waals surface area contributed by atoms with Gasteiger partial charge in [0.25, 0.3) is 10.0 Å². The average Bonchev–Trinajstić information content (AvgIpc) is 3.03. The molecule has 0 unspecified atom stereocenters. The topological polar surface area (TPSA) is 105 Å². The van der Waals surface area contributed by atoms with Crippen molar-refractivity contribution in [2.24, 2.45) is 0 Å². The Kier molecular flexibility index (Phi) is 11.6. The molecular formula is C33H39Cl2N3O6S. The summed E-state index contributed by atoms with van der Waals surface area (Å²) in [5.74, 6) is -0.207. The number of carbonyl (C=O) groups is 2. The Morgan fingerprint density at radius 3 is 2.20 bits per heavy atom. The first kappa shape index (κ1) is 34.4. The molecule has 2 amide bonds. The Morgan fingerprint density at radius 2 is 1.58 bits per heavy atom. The highest BCUT2D eigenvalue weighted by atomic mass is 35.5. The minimum Gasteiger partial charge on any atom is -0.493 e. The highest BCUT2D eigenvalue weighted by molar-refractivity contribution is 7.92. The van der Waals surface area contributed by atoms with E-state index in [1.165, 1.54) is 37.3 Å². The number of amides is 2. The zero-order valence-electron chi connectivity index (χ0n) is 25.9. The van der Waals surface area contributed by atoms with Gasteiger partial charge >= 0.3 is 0 Å². The molecule has 0 bridgehead atoms. The van der Waals surface area contributed by atoms with Gasteiger partial charge in [-0.1, -0.05) is 66.2 Å². The molecule has 0 heterocycles. The van der Waals surface area contributed by atoms with E-state index in [-0.39, 0.29) is 29.1 Å². The predicted molar refractivity (Wildman–Crippen MR) is 177 cm³/mol. The normalized spacial score (nSPS) is 14.4. The Balaban J connectivity index is 1.73. The van der Waals surface area contributed by atoms with Gasteiger partial charge in [0.2, 0.25) is 11.8 Å². The SMILES string of the molecule is COc1ccc(N(CC(=O)N(Cc2ccc(Cl)c(Cl)c2)[C@H](C)C(=O)NC2CCCCC2)S(=O)(=O)c2ccc(C)cc2)cc1OC. The Hall–Kier alpha value is -3.47. The molecule has 4 rings (SSSR count). The molecule has 0 spiro atoms. The summed E-state index contributed by atoms with van der Waals surface area (Å²) in [4.78, 5) is 29.2. The van der Waals surface area contributed by atoms with Gasteiger partial charge in [-0.05, 0) is 68.7 Å². The number of rotatable bonds is 12. The van der Waals surface area contributed by atoms with E-state index >= 15 is 0 Å². The number of carbonyl (C=O) groups excluding carboxylic acids is 2. The maximum Gasteiger partial charge on any atom is 0.264 e. The summed E-state index contributed by atoms with van der Waals surface area (Å²) in [5.41, 5.74) is 1.71. The lowest BCUT2D eigenvalue weighted by Crippen LogP contribution is -2.53. The fraction of sp³-hybridized carbons (Fsp3) is 0.394. The number of anilines is 1. The summed E-state index contributed by atoms with van der Waals surface area (Å²) in [5, 5.41) is 3.74. The highest BCUT2D eigenvalue weighted by Crippen LogP contribution is 2.34. The van der Waals surface area contributed by atoms with Crippen LogP contribution in [0.25, 0.3) is 0 Å². The van der Waals surface area contributed by atoms with Gasteiger partial charge in [-0.2, -0.15) is 0 Å². The molecule has 12 heteroatoms. The maximum atomic E-state index is 14.3. The average molecular weight is 677 g/mol. The van der Waals surface area contributed by atoms with Gasteiger partial charge in [-0.3, -0.25) is 13.9 Å². The van der Waals surface area contributed by atoms with Gasteiger partial charge in [-0.25, -0.2) is 8.42 Å². The van der Waals surface area contributed by atoms with Crippen LogP contribution in [0.2, 0.25) is 10.0 Å². The largest absolute Gasteiger partial charge is 0.493 e. The van der Waals surface area contributed by atoms with E-state index in [1.807, 2.05) is 6.92 Å². The van der Waals surface area contributed by atoms with Crippen LogP contribution in [-0.2, 0) is 26.2 Å². The van der Waals surface area contributed by atoms with Crippen molar-refractivity contribution in [1.29, 1.82) is 0 Å². The Labute approximate surface area is 275 Å². The number of methoxy groups -OCH3 is 2. The van der Waals surface area contributed by atoms with Crippen molar-refractivity contribution in [3.8, 4) is 11.5 Å². The van der Waals surface area contributed by atoms with E-state index in [0.29, 0.717) is 27.1 Å². The summed E-state index contributed by atoms with van der Waals surface area (Å²) >= 11 is 12.4. The number of benzene rings is 3. The number of halogens is 2. The monoisotopic (exact) mass is 675 g/mol. The molecular weight excluding hydrogens is 637 g/mol. The number of hydrogen-bond acceptors (Lipinski definition) is 6. The van der Waals surface area contributed by atoms with Crippen molar-refractivity contribution in [1.82, 2.24) is 10.2 Å². The quantitative estimate of drug-likeness (QED) is 0.239. The lowest BCUT2D eigenvalue weighted by atomic mass is 9.95. The standard InChI is InChI=1S/C33H39Cl2N3O6S/c1-22-10-14-27(15-11-22)45(41,42)38(26-13-17-30(43-3)31(19-26)44-4)21-32(39)37(20-24-12-16-28(34)29(35)18-24)23(2)33(40)36-25-8-6-5-7-9-25/h10-19,23,25H,5-9,20-21H2,1-4H3,(H,36,40)/t23-/m1/s1. The second kappa shape index (κ2) is 15.2. The molecule has 3 aromatic rings. The summed E-state index contributed by atoms with van der Waals surface area (Å²) in [6, 6.07) is 15.1. The summed E-state index contributed by atoms with van der Waals surface area (Å²) in [6.07, 6.45) is 4.94. The molecule has 1 aliphatic carbocycles. The molecule has 0 aromatic heterocycles. The van der Waals surface area contributed by atoms with E-state index in [0.717, 1.165) is 42.0 Å². The van der Waals surface area contributed by atoms with Crippen molar-refractivity contribution in [3.05, 3.63) is 81.8 Å². The molecule has 0 saturated heterocycles. The van der Waals surface area contributed by atoms with E-state index in [9.17, 15) is 18.0 Å². The third-order valence-electron chi connectivity index (χ3n) is 8.00. The van der Waals surface area contributed by atoms with Crippen LogP contribution in [0.5, 0.6) is 11.5 Å². The number of ether oxygens (including phenoxy) is 2. The second-order valence-electron chi connectivity index (χ2n) is 11.2. The fourth-order valence-electron chi connectivity index (χ4n) is 5.33. The van der Waals surface area contributed by atoms with E-state index in [4.69, 9.17) is 32.7 Å². The van der Waals surface area contributed by atoms with E-state index in [2.05, 4.69) is 5.32 Å². The third kappa shape index (κ3) is 8.42. The van der Waals surface area contributed by atoms with Crippen molar-refractivity contribution in [3.63, 3.8) is 0 Å². The van der Waals surface area contributed by atoms with Crippen LogP contribution in [-0.4, -0.2) is 58.0 Å². The zero-order valence-corrected chi connectivity index (χ0v) is 28.2. The van der Waals surface area contributed by atoms with Crippen LogP contribution < -0.4 is 19.1 Å². The minimum atomic E-state index is -4.25. The predicted octanol–water partition coefficient (Wildman–Crippen LogP) is 6.38. The molecule has 9 nitrogen and oxygen atoms in total. The minimum absolute atomic E-state index is 0.000666. The van der Waals surface area contributed by atoms with Crippen molar-refractivity contribution < 1.29 is 27.5 Å². The summed E-state index contributed by atoms with van der Waals surface area (Å²) in [7, 11) is -1.33. The number of hydrogen-bond donors (Lipinski definition) is 1. The molecule has 1 N–H and O–H groups in total. The molecule has 1 fully saturated rings. The first-order valence-electron chi connectivity index (χ1n) is 14.8. The molecule has 45 heavy (non-hydrogen) atoms. The van der Waals surface area contributed by atoms with Gasteiger partial charge < -0.3 is 19.7 Å². The van der Waals surface area contributed by atoms with Crippen molar-refractivity contribution >= 4 is 50.7 Å². The Bertz CT molecular complexity index is 1610. The van der Waals surface area contributed by atoms with Gasteiger partial charge in [0.05, 0.1) is 34.8 Å². The lowest BCUT2D eigenvalue weighted by Gasteiger charge is -2.33. The number of aryl methyl sites for hydroxylation is 1. The molecule has 0 radical (unpaired) electrons. The van der Waals surface area contributed by atoms with Gasteiger partial charge in [-0.15, -0.1) is 0 Å². The Morgan fingerprint density at radius 1 is 0.911 bits per heavy atom. The van der Waals surface area contributed by atoms with Crippen LogP contribution in [0.3, 0.4) is 0 Å². The van der Waals surface area contributed by atoms with Crippen LogP contribution >= 0.6 is 23.2 Å². The summed E-state index contributed by atoms with van der Waals surface area (Å²) in [6.45, 7) is 2.91. The third-order valence-corrected chi connectivity index (χ3v) is 10.5. The number of nitrogens with zero attached hydrogens (tertiary/aromatic N) is 2. The fourth-order valence-corrected chi connectivity index (χ4v) is 7.06. The van der Waals surface area contributed by atoms with Crippen LogP contribution in [0.4, 0.5) is 5.69 Å². The lowest BCUT2D eigenvalue weighted by molar-refractivity contribution is -0.139. The first-order valence-corrected chi connectivity index (χ1v) is 17.0. The number of sulfonamides is 1. The second-order valence-corrected chi connectivity index (χ2v) is 13.8. The van der Waals surface area contributed by atoms with Gasteiger partial charge in [0, 0.05) is 18.7 Å². The molecule has 1 atom stereocenters. The molecule has 0 aliphatic heterocycles. The molecule has 1 saturated carbocycles. The summed E-state index contributed by atoms with van der Waals surface area (Å²) < 4.78 is 40.1. The smallest absolute Gasteiger partial charge is 0.264 e. The molecule has 3 aromatic carbocycles. The van der Waals surface area contributed by atoms with Crippen LogP contribution in [0.15, 0.2) is 65.6 Å². The number of nitrogens with one attached hydrogen (secondary N) is 1. The van der Waals surface area contributed by atoms with E-state index < -0.39 is 28.5 Å². The van der Waals surface area contributed by atoms with Gasteiger partial charge in [0.15, 0.2) is 11.5 Å². The maximum absolute atomic E-state index is 14.3. The first-order chi connectivity index (χ1) is 21.4. The van der Waals surface area contributed by atoms with Crippen LogP contribution in [0.1, 0.15) is 50.2 Å². The van der Waals surface area contributed by atoms with Crippen LogP contribution in [0, 0.1) is 6.92 Å². The molecule has 1 aliphatic rings. The highest BCUT2D eigenvalue weighted by Gasteiger charge is 2.33. The van der Waals surface area contributed by atoms with E-state index in [1.54, 1.807) is 49.4 Å². The van der Waals surface area contributed by atoms with Crippen molar-refractivity contribution in [2.75, 3.05) is 25.1 Å². The molecule has 242 valence electrons. The van der Waals surface area contributed by atoms with Crippen molar-refractivity contribution in [2.45, 2.75) is 69.5 Å². The zero-order chi connectivity index (χ0) is 32.7.